The van der Waals surface area contributed by atoms with Gasteiger partial charge in [0, 0.05) is 0 Å². The van der Waals surface area contributed by atoms with Gasteiger partial charge in [-0.05, 0) is 20.0 Å². The topological polar surface area (TPSA) is 9.23 Å². The van der Waals surface area contributed by atoms with Gasteiger partial charge in [-0.25, -0.2) is 0 Å². The summed E-state index contributed by atoms with van der Waals surface area (Å²) in [5.41, 5.74) is 1.02. The summed E-state index contributed by atoms with van der Waals surface area (Å²) in [7, 11) is -1.81. The molecule has 0 N–H and O–H groups in total. The first-order chi connectivity index (χ1) is 3.92. The van der Waals surface area contributed by atoms with E-state index in [1.165, 1.54) is 0 Å². The maximum Gasteiger partial charge on any atom is 0.284 e. The lowest BCUT2D eigenvalue weighted by Crippen LogP contribution is -2.22. The van der Waals surface area contributed by atoms with Crippen LogP contribution in [0.1, 0.15) is 6.92 Å². The second-order valence-corrected chi connectivity index (χ2v) is 8.36. The highest BCUT2D eigenvalue weighted by atomic mass is 35.6. The Morgan fingerprint density at radius 3 is 2.22 bits per heavy atom. The van der Waals surface area contributed by atoms with E-state index in [4.69, 9.17) is 15.5 Å². The summed E-state index contributed by atoms with van der Waals surface area (Å²) in [5.74, 6) is 0. The van der Waals surface area contributed by atoms with Gasteiger partial charge in [0.25, 0.3) is 7.63 Å². The Bertz CT molecular complexity index is 106. The highest BCUT2D eigenvalue weighted by Crippen LogP contribution is 2.09. The first-order valence-electron chi connectivity index (χ1n) is 2.89. The largest absolute Gasteiger partial charge is 0.399 e. The molecule has 0 heterocycles. The molecule has 0 amide bonds. The predicted molar refractivity (Wildman–Crippen MR) is 44.1 cm³/mol. The molecule has 0 aliphatic rings. The third-order valence-electron chi connectivity index (χ3n) is 0.662. The molecule has 0 aromatic heterocycles. The lowest BCUT2D eigenvalue weighted by molar-refractivity contribution is 0.357. The minimum Gasteiger partial charge on any atom is -0.399 e. The maximum absolute atomic E-state index is 5.85. The standard InChI is InChI=1S/C6H13ClOSi/c1-6(2)5-8-9(3,4)7/h1,5H2,2-4H3. The normalized spacial score (nSPS) is 11.6. The maximum atomic E-state index is 5.85. The van der Waals surface area contributed by atoms with Crippen LogP contribution < -0.4 is 0 Å². The van der Waals surface area contributed by atoms with Crippen LogP contribution in [0.2, 0.25) is 13.1 Å². The summed E-state index contributed by atoms with van der Waals surface area (Å²) in [4.78, 5) is 0. The fourth-order valence-corrected chi connectivity index (χ4v) is 1.05. The molecule has 0 bridgehead atoms. The van der Waals surface area contributed by atoms with Crippen molar-refractivity contribution in [2.75, 3.05) is 6.61 Å². The Balaban J connectivity index is 3.39. The summed E-state index contributed by atoms with van der Waals surface area (Å²) in [6.45, 7) is 10.1. The molecule has 0 radical (unpaired) electrons. The zero-order valence-electron chi connectivity index (χ0n) is 6.20. The number of hydrogen-bond donors (Lipinski definition) is 0. The highest BCUT2D eigenvalue weighted by molar-refractivity contribution is 7.15. The van der Waals surface area contributed by atoms with Crippen LogP contribution in [0.15, 0.2) is 12.2 Å². The van der Waals surface area contributed by atoms with Crippen molar-refractivity contribution in [3.05, 3.63) is 12.2 Å². The van der Waals surface area contributed by atoms with Gasteiger partial charge in [-0.2, -0.15) is 0 Å². The van der Waals surface area contributed by atoms with E-state index in [9.17, 15) is 0 Å². The van der Waals surface area contributed by atoms with E-state index in [2.05, 4.69) is 6.58 Å². The molecule has 0 aromatic carbocycles. The zero-order valence-corrected chi connectivity index (χ0v) is 7.96. The van der Waals surface area contributed by atoms with Crippen LogP contribution in [0.5, 0.6) is 0 Å². The summed E-state index contributed by atoms with van der Waals surface area (Å²) >= 11 is 5.85. The SMILES string of the molecule is C=C(C)CO[Si](C)(C)Cl. The van der Waals surface area contributed by atoms with Crippen molar-refractivity contribution in [1.82, 2.24) is 0 Å². The van der Waals surface area contributed by atoms with Crippen molar-refractivity contribution < 1.29 is 4.43 Å². The third-order valence-corrected chi connectivity index (χ3v) is 1.82. The van der Waals surface area contributed by atoms with Gasteiger partial charge >= 0.3 is 0 Å². The summed E-state index contributed by atoms with van der Waals surface area (Å²) in [5, 5.41) is 0. The van der Waals surface area contributed by atoms with Crippen molar-refractivity contribution in [2.24, 2.45) is 0 Å². The van der Waals surface area contributed by atoms with Crippen molar-refractivity contribution in [2.45, 2.75) is 20.0 Å². The Kier molecular flexibility index (Phi) is 3.47. The van der Waals surface area contributed by atoms with E-state index in [1.807, 2.05) is 20.0 Å². The molecule has 0 unspecified atom stereocenters. The molecule has 0 aromatic rings. The Morgan fingerprint density at radius 1 is 1.67 bits per heavy atom. The second-order valence-electron chi connectivity index (χ2n) is 2.61. The summed E-state index contributed by atoms with van der Waals surface area (Å²) < 4.78 is 5.30. The van der Waals surface area contributed by atoms with E-state index >= 15 is 0 Å². The van der Waals surface area contributed by atoms with Gasteiger partial charge in [0.05, 0.1) is 6.61 Å². The molecule has 0 saturated heterocycles. The van der Waals surface area contributed by atoms with Crippen LogP contribution in [-0.4, -0.2) is 14.2 Å². The fourth-order valence-electron chi connectivity index (χ4n) is 0.295. The van der Waals surface area contributed by atoms with Gasteiger partial charge in [0.15, 0.2) is 0 Å². The molecule has 9 heavy (non-hydrogen) atoms. The van der Waals surface area contributed by atoms with Crippen molar-refractivity contribution in [1.29, 1.82) is 0 Å². The van der Waals surface area contributed by atoms with Crippen LogP contribution in [0, 0.1) is 0 Å². The molecule has 0 aliphatic heterocycles. The number of hydrogen-bond acceptors (Lipinski definition) is 1. The Hall–Kier alpha value is 0.207. The van der Waals surface area contributed by atoms with Gasteiger partial charge in [0.1, 0.15) is 0 Å². The minimum absolute atomic E-state index is 0.600. The van der Waals surface area contributed by atoms with Gasteiger partial charge in [0.2, 0.25) is 0 Å². The molecule has 0 spiro atoms. The lowest BCUT2D eigenvalue weighted by atomic mass is 10.4. The smallest absolute Gasteiger partial charge is 0.284 e. The van der Waals surface area contributed by atoms with Crippen LogP contribution in [0.25, 0.3) is 0 Å². The molecule has 1 nitrogen and oxygen atoms in total. The molecule has 0 aliphatic carbocycles. The van der Waals surface area contributed by atoms with Crippen molar-refractivity contribution in [3.63, 3.8) is 0 Å². The molecular formula is C6H13ClOSi. The quantitative estimate of drug-likeness (QED) is 0.354. The monoisotopic (exact) mass is 164 g/mol. The van der Waals surface area contributed by atoms with Crippen LogP contribution >= 0.6 is 11.1 Å². The average Bonchev–Trinajstić information content (AvgIpc) is 1.59. The summed E-state index contributed by atoms with van der Waals surface area (Å²) in [6, 6.07) is 0. The average molecular weight is 165 g/mol. The summed E-state index contributed by atoms with van der Waals surface area (Å²) in [6.07, 6.45) is 0. The zero-order chi connectivity index (χ0) is 7.49. The number of halogens is 1. The van der Waals surface area contributed by atoms with E-state index in [0.29, 0.717) is 6.61 Å². The van der Waals surface area contributed by atoms with E-state index < -0.39 is 7.63 Å². The molecule has 0 fully saturated rings. The second kappa shape index (κ2) is 3.39. The number of rotatable bonds is 3. The fraction of sp³-hybridized carbons (Fsp3) is 0.667. The van der Waals surface area contributed by atoms with Crippen LogP contribution in [0.3, 0.4) is 0 Å². The van der Waals surface area contributed by atoms with E-state index in [0.717, 1.165) is 5.57 Å². The van der Waals surface area contributed by atoms with Crippen LogP contribution in [0.4, 0.5) is 0 Å². The molecular weight excluding hydrogens is 152 g/mol. The first-order valence-corrected chi connectivity index (χ1v) is 6.81. The Labute approximate surface area is 62.5 Å². The molecule has 0 atom stereocenters. The van der Waals surface area contributed by atoms with Gasteiger partial charge < -0.3 is 4.43 Å². The van der Waals surface area contributed by atoms with E-state index in [1.54, 1.807) is 0 Å². The van der Waals surface area contributed by atoms with Gasteiger partial charge in [-0.1, -0.05) is 12.2 Å². The minimum atomic E-state index is -1.81. The van der Waals surface area contributed by atoms with Crippen molar-refractivity contribution >= 4 is 18.7 Å². The molecule has 3 heteroatoms. The molecule has 54 valence electrons. The third kappa shape index (κ3) is 8.21. The molecule has 0 rings (SSSR count). The van der Waals surface area contributed by atoms with Gasteiger partial charge in [-0.3, -0.25) is 0 Å². The van der Waals surface area contributed by atoms with Crippen molar-refractivity contribution in [3.8, 4) is 0 Å². The van der Waals surface area contributed by atoms with Crippen LogP contribution in [-0.2, 0) is 4.43 Å². The molecule has 0 saturated carbocycles. The highest BCUT2D eigenvalue weighted by Gasteiger charge is 2.17. The first kappa shape index (κ1) is 9.21. The van der Waals surface area contributed by atoms with Gasteiger partial charge in [-0.15, -0.1) is 11.1 Å². The van der Waals surface area contributed by atoms with E-state index in [-0.39, 0.29) is 0 Å². The predicted octanol–water partition coefficient (Wildman–Crippen LogP) is 2.52. The lowest BCUT2D eigenvalue weighted by Gasteiger charge is -2.13. The Morgan fingerprint density at radius 2 is 2.11 bits per heavy atom.